The van der Waals surface area contributed by atoms with E-state index >= 15 is 0 Å². The summed E-state index contributed by atoms with van der Waals surface area (Å²) in [6.07, 6.45) is 6.81. The van der Waals surface area contributed by atoms with Crippen LogP contribution in [0.2, 0.25) is 5.02 Å². The molecule has 1 N–H and O–H groups in total. The topological polar surface area (TPSA) is 61.9 Å². The first-order chi connectivity index (χ1) is 16.0. The first-order valence-electron chi connectivity index (χ1n) is 11.9. The zero-order valence-corrected chi connectivity index (χ0v) is 19.9. The number of piperazine rings is 1. The maximum Gasteiger partial charge on any atom is 0.322 e. The van der Waals surface area contributed by atoms with E-state index in [-0.39, 0.29) is 24.5 Å². The molecule has 3 amide bonds. The normalized spacial score (nSPS) is 17.4. The molecule has 1 fully saturated rings. The summed E-state index contributed by atoms with van der Waals surface area (Å²) in [4.78, 5) is 29.2. The number of fused-ring (bicyclic) bond motifs is 3. The number of halogens is 1. The Kier molecular flexibility index (Phi) is 7.76. The second kappa shape index (κ2) is 10.9. The van der Waals surface area contributed by atoms with Crippen molar-refractivity contribution in [1.82, 2.24) is 9.80 Å². The minimum atomic E-state index is -0.276. The molecule has 0 aromatic heterocycles. The number of nitrogens with zero attached hydrogens (tertiary/aromatic N) is 2. The molecule has 0 spiro atoms. The largest absolute Gasteiger partial charge is 0.494 e. The Hall–Kier alpha value is -2.73. The maximum absolute atomic E-state index is 12.9. The Morgan fingerprint density at radius 3 is 2.70 bits per heavy atom. The fraction of sp³-hybridized carbons (Fsp3) is 0.462. The molecule has 0 saturated carbocycles. The molecule has 0 radical (unpaired) electrons. The summed E-state index contributed by atoms with van der Waals surface area (Å²) >= 11 is 6.22. The minimum Gasteiger partial charge on any atom is -0.494 e. The zero-order valence-electron chi connectivity index (χ0n) is 19.2. The summed E-state index contributed by atoms with van der Waals surface area (Å²) in [5, 5.41) is 3.56. The summed E-state index contributed by atoms with van der Waals surface area (Å²) in [5.41, 5.74) is 2.91. The summed E-state index contributed by atoms with van der Waals surface area (Å²) in [6, 6.07) is 12.8. The van der Waals surface area contributed by atoms with E-state index in [1.807, 2.05) is 47.4 Å². The summed E-state index contributed by atoms with van der Waals surface area (Å²) in [7, 11) is 0. The molecule has 0 unspecified atom stereocenters. The molecule has 2 aliphatic rings. The van der Waals surface area contributed by atoms with Crippen molar-refractivity contribution < 1.29 is 14.3 Å². The van der Waals surface area contributed by atoms with Gasteiger partial charge >= 0.3 is 6.03 Å². The van der Waals surface area contributed by atoms with Gasteiger partial charge in [-0.2, -0.15) is 0 Å². The van der Waals surface area contributed by atoms with Gasteiger partial charge in [-0.1, -0.05) is 50.3 Å². The maximum atomic E-state index is 12.9. The third-order valence-corrected chi connectivity index (χ3v) is 6.65. The number of ether oxygens (including phenoxy) is 1. The number of carbonyl (C=O) groups excluding carboxylic acids is 2. The Bertz CT molecular complexity index is 979. The molecule has 176 valence electrons. The van der Waals surface area contributed by atoms with Crippen LogP contribution in [0.3, 0.4) is 0 Å². The van der Waals surface area contributed by atoms with E-state index in [1.165, 1.54) is 31.2 Å². The van der Waals surface area contributed by atoms with Crippen molar-refractivity contribution in [3.8, 4) is 5.75 Å². The third kappa shape index (κ3) is 5.80. The Labute approximate surface area is 200 Å². The number of hydrogen-bond donors (Lipinski definition) is 1. The van der Waals surface area contributed by atoms with Crippen molar-refractivity contribution in [3.05, 3.63) is 58.6 Å². The molecule has 0 bridgehead atoms. The highest BCUT2D eigenvalue weighted by atomic mass is 35.5. The van der Waals surface area contributed by atoms with Gasteiger partial charge in [0.1, 0.15) is 12.3 Å². The standard InChI is InChI=1S/C26H32ClN3O3/c1-2-3-4-5-6-15-33-22-11-9-21(10-12-22)28-26(32)29-17-24-23-16-20(27)8-7-19(23)13-14-30(24)25(31)18-29/h7-12,16,24H,2-6,13-15,17-18H2,1H3,(H,28,32)/t24-/m1/s1. The van der Waals surface area contributed by atoms with Crippen LogP contribution in [0.25, 0.3) is 0 Å². The molecule has 1 atom stereocenters. The number of carbonyl (C=O) groups is 2. The van der Waals surface area contributed by atoms with Crippen molar-refractivity contribution in [1.29, 1.82) is 0 Å². The highest BCUT2D eigenvalue weighted by Crippen LogP contribution is 2.34. The van der Waals surface area contributed by atoms with Crippen LogP contribution in [0, 0.1) is 0 Å². The lowest BCUT2D eigenvalue weighted by molar-refractivity contribution is -0.139. The molecule has 2 aromatic rings. The van der Waals surface area contributed by atoms with Crippen molar-refractivity contribution >= 4 is 29.2 Å². The van der Waals surface area contributed by atoms with Gasteiger partial charge in [-0.05, 0) is 60.4 Å². The molecule has 0 aliphatic carbocycles. The van der Waals surface area contributed by atoms with Crippen molar-refractivity contribution in [2.45, 2.75) is 51.5 Å². The van der Waals surface area contributed by atoms with E-state index in [4.69, 9.17) is 16.3 Å². The van der Waals surface area contributed by atoms with Crippen molar-refractivity contribution in [3.63, 3.8) is 0 Å². The van der Waals surface area contributed by atoms with Gasteiger partial charge in [-0.25, -0.2) is 4.79 Å². The van der Waals surface area contributed by atoms with E-state index in [0.29, 0.717) is 30.4 Å². The smallest absolute Gasteiger partial charge is 0.322 e. The number of benzene rings is 2. The predicted octanol–water partition coefficient (Wildman–Crippen LogP) is 5.66. The SMILES string of the molecule is CCCCCCCOc1ccc(NC(=O)N2CC(=O)N3CCc4ccc(Cl)cc4[C@H]3C2)cc1. The lowest BCUT2D eigenvalue weighted by atomic mass is 9.91. The monoisotopic (exact) mass is 469 g/mol. The number of unbranched alkanes of at least 4 members (excludes halogenated alkanes) is 4. The summed E-state index contributed by atoms with van der Waals surface area (Å²) in [5.74, 6) is 0.762. The molecule has 2 aliphatic heterocycles. The van der Waals surface area contributed by atoms with Gasteiger partial charge in [0, 0.05) is 23.8 Å². The number of amides is 3. The molecule has 2 heterocycles. The van der Waals surface area contributed by atoms with E-state index < -0.39 is 0 Å². The Morgan fingerprint density at radius 1 is 1.12 bits per heavy atom. The highest BCUT2D eigenvalue weighted by molar-refractivity contribution is 6.30. The highest BCUT2D eigenvalue weighted by Gasteiger charge is 2.38. The quantitative estimate of drug-likeness (QED) is 0.507. The van der Waals surface area contributed by atoms with Crippen LogP contribution >= 0.6 is 11.6 Å². The van der Waals surface area contributed by atoms with Crippen molar-refractivity contribution in [2.24, 2.45) is 0 Å². The molecule has 7 heteroatoms. The molecular weight excluding hydrogens is 438 g/mol. The number of anilines is 1. The molecule has 6 nitrogen and oxygen atoms in total. The minimum absolute atomic E-state index is 0.0327. The first-order valence-corrected chi connectivity index (χ1v) is 12.3. The third-order valence-electron chi connectivity index (χ3n) is 6.41. The van der Waals surface area contributed by atoms with Crippen LogP contribution in [0.5, 0.6) is 5.75 Å². The molecule has 2 aromatic carbocycles. The van der Waals surface area contributed by atoms with Crippen LogP contribution in [-0.4, -0.2) is 48.0 Å². The Balaban J connectivity index is 1.33. The number of hydrogen-bond acceptors (Lipinski definition) is 3. The fourth-order valence-electron chi connectivity index (χ4n) is 4.58. The first kappa shape index (κ1) is 23.4. The van der Waals surface area contributed by atoms with Gasteiger partial charge in [0.05, 0.1) is 12.6 Å². The molecular formula is C26H32ClN3O3. The van der Waals surface area contributed by atoms with Gasteiger partial charge in [0.15, 0.2) is 0 Å². The van der Waals surface area contributed by atoms with Crippen LogP contribution in [0.1, 0.15) is 56.2 Å². The van der Waals surface area contributed by atoms with E-state index in [9.17, 15) is 9.59 Å². The predicted molar refractivity (Wildman–Crippen MR) is 131 cm³/mol. The van der Waals surface area contributed by atoms with Crippen LogP contribution in [0.4, 0.5) is 10.5 Å². The summed E-state index contributed by atoms with van der Waals surface area (Å²) in [6.45, 7) is 4.11. The average molecular weight is 470 g/mol. The van der Waals surface area contributed by atoms with Gasteiger partial charge in [-0.3, -0.25) is 4.79 Å². The molecule has 1 saturated heterocycles. The van der Waals surface area contributed by atoms with Crippen LogP contribution in [-0.2, 0) is 11.2 Å². The van der Waals surface area contributed by atoms with Gasteiger partial charge in [0.2, 0.25) is 5.91 Å². The van der Waals surface area contributed by atoms with Gasteiger partial charge in [-0.15, -0.1) is 0 Å². The lowest BCUT2D eigenvalue weighted by Gasteiger charge is -2.44. The van der Waals surface area contributed by atoms with E-state index in [1.54, 1.807) is 4.90 Å². The van der Waals surface area contributed by atoms with Gasteiger partial charge < -0.3 is 19.9 Å². The average Bonchev–Trinajstić information content (AvgIpc) is 2.82. The van der Waals surface area contributed by atoms with Crippen molar-refractivity contribution in [2.75, 3.05) is 31.6 Å². The molecule has 33 heavy (non-hydrogen) atoms. The lowest BCUT2D eigenvalue weighted by Crippen LogP contribution is -2.56. The summed E-state index contributed by atoms with van der Waals surface area (Å²) < 4.78 is 5.79. The second-order valence-corrected chi connectivity index (χ2v) is 9.23. The number of urea groups is 1. The molecule has 4 rings (SSSR count). The number of nitrogens with one attached hydrogen (secondary N) is 1. The van der Waals surface area contributed by atoms with E-state index in [0.717, 1.165) is 24.2 Å². The van der Waals surface area contributed by atoms with E-state index in [2.05, 4.69) is 12.2 Å². The Morgan fingerprint density at radius 2 is 1.91 bits per heavy atom. The van der Waals surface area contributed by atoms with Crippen LogP contribution in [0.15, 0.2) is 42.5 Å². The fourth-order valence-corrected chi connectivity index (χ4v) is 4.76. The van der Waals surface area contributed by atoms with Gasteiger partial charge in [0.25, 0.3) is 0 Å². The number of rotatable bonds is 8. The van der Waals surface area contributed by atoms with Crippen LogP contribution < -0.4 is 10.1 Å². The second-order valence-electron chi connectivity index (χ2n) is 8.79. The zero-order chi connectivity index (χ0) is 23.2.